The summed E-state index contributed by atoms with van der Waals surface area (Å²) in [5.41, 5.74) is -0.626. The van der Waals surface area contributed by atoms with E-state index in [4.69, 9.17) is 9.47 Å². The summed E-state index contributed by atoms with van der Waals surface area (Å²) in [6.07, 6.45) is -2.25. The number of ether oxygens (including phenoxy) is 2. The number of nitrogens with one attached hydrogen (secondary N) is 1. The third-order valence-corrected chi connectivity index (χ3v) is 4.76. The number of hydrogen-bond acceptors (Lipinski definition) is 6. The molecule has 0 saturated heterocycles. The largest absolute Gasteiger partial charge is 0.486 e. The van der Waals surface area contributed by atoms with Gasteiger partial charge in [0.25, 0.3) is 0 Å². The molecule has 11 heteroatoms. The summed E-state index contributed by atoms with van der Waals surface area (Å²) >= 11 is 0. The molecule has 168 valence electrons. The van der Waals surface area contributed by atoms with Crippen molar-refractivity contribution >= 4 is 11.6 Å². The van der Waals surface area contributed by atoms with Crippen LogP contribution < -0.4 is 14.8 Å². The molecule has 0 spiro atoms. The van der Waals surface area contributed by atoms with Crippen LogP contribution in [0.1, 0.15) is 5.56 Å². The number of amides is 1. The Morgan fingerprint density at radius 1 is 1.25 bits per heavy atom. The maximum Gasteiger partial charge on any atom is 0.416 e. The monoisotopic (exact) mass is 447 g/mol. The summed E-state index contributed by atoms with van der Waals surface area (Å²) in [4.78, 5) is 18.1. The van der Waals surface area contributed by atoms with Gasteiger partial charge in [0.05, 0.1) is 23.5 Å². The number of carbonyl (C=O) groups is 1. The summed E-state index contributed by atoms with van der Waals surface area (Å²) in [6.45, 7) is 0.655. The molecule has 4 rings (SSSR count). The van der Waals surface area contributed by atoms with Gasteiger partial charge in [0.2, 0.25) is 5.91 Å². The number of likely N-dealkylation sites (N-methyl/N-ethyl adjacent to an activating group) is 1. The van der Waals surface area contributed by atoms with Gasteiger partial charge in [-0.1, -0.05) is 12.1 Å². The lowest BCUT2D eigenvalue weighted by Crippen LogP contribution is -2.42. The van der Waals surface area contributed by atoms with Crippen LogP contribution in [0.2, 0.25) is 0 Å². The summed E-state index contributed by atoms with van der Waals surface area (Å²) in [5, 5.41) is 6.49. The average Bonchev–Trinajstić information content (AvgIpc) is 3.27. The van der Waals surface area contributed by atoms with Gasteiger partial charge in [-0.2, -0.15) is 18.3 Å². The molecular weight excluding hydrogens is 427 g/mol. The van der Waals surface area contributed by atoms with E-state index in [1.54, 1.807) is 18.0 Å². The normalized spacial score (nSPS) is 15.6. The second-order valence-corrected chi connectivity index (χ2v) is 7.31. The Hall–Kier alpha value is -3.60. The van der Waals surface area contributed by atoms with Gasteiger partial charge in [0.1, 0.15) is 25.4 Å². The number of aromatic nitrogens is 3. The van der Waals surface area contributed by atoms with E-state index in [0.717, 1.165) is 12.1 Å². The fourth-order valence-electron chi connectivity index (χ4n) is 3.35. The smallest absolute Gasteiger partial charge is 0.416 e. The minimum absolute atomic E-state index is 0.0186. The molecule has 1 N–H and O–H groups in total. The third kappa shape index (κ3) is 4.99. The molecule has 0 bridgehead atoms. The molecule has 0 radical (unpaired) electrons. The first-order valence-electron chi connectivity index (χ1n) is 9.73. The first-order chi connectivity index (χ1) is 15.3. The standard InChI is InChI=1S/C21H20F3N5O3/c1-28(9-15-11-31-18-4-2-3-5-19(18)32-15)10-20(30)27-16-8-14(21(22,23)24)6-7-17(16)29-13-25-12-26-29/h2-8,12-13,15H,9-11H2,1H3,(H,27,30)/t15-/m1/s1. The van der Waals surface area contributed by atoms with Gasteiger partial charge in [-0.05, 0) is 37.4 Å². The highest BCUT2D eigenvalue weighted by Crippen LogP contribution is 2.33. The Bertz CT molecular complexity index is 1090. The number of alkyl halides is 3. The number of halogens is 3. The highest BCUT2D eigenvalue weighted by Gasteiger charge is 2.31. The van der Waals surface area contributed by atoms with Crippen molar-refractivity contribution in [2.45, 2.75) is 12.3 Å². The van der Waals surface area contributed by atoms with Crippen LogP contribution in [0.15, 0.2) is 55.1 Å². The highest BCUT2D eigenvalue weighted by molar-refractivity contribution is 5.94. The average molecular weight is 447 g/mol. The van der Waals surface area contributed by atoms with Crippen LogP contribution in [-0.4, -0.2) is 58.4 Å². The fourth-order valence-corrected chi connectivity index (χ4v) is 3.35. The van der Waals surface area contributed by atoms with Gasteiger partial charge in [0, 0.05) is 6.54 Å². The number of anilines is 1. The molecular formula is C21H20F3N5O3. The summed E-state index contributed by atoms with van der Waals surface area (Å²) in [6, 6.07) is 10.3. The Morgan fingerprint density at radius 2 is 2.03 bits per heavy atom. The first kappa shape index (κ1) is 21.6. The molecule has 0 aliphatic carbocycles. The lowest BCUT2D eigenvalue weighted by molar-refractivity contribution is -0.137. The topological polar surface area (TPSA) is 81.5 Å². The Morgan fingerprint density at radius 3 is 2.75 bits per heavy atom. The lowest BCUT2D eigenvalue weighted by Gasteiger charge is -2.29. The Labute approximate surface area is 181 Å². The zero-order valence-electron chi connectivity index (χ0n) is 17.0. The second-order valence-electron chi connectivity index (χ2n) is 7.31. The maximum absolute atomic E-state index is 13.2. The van der Waals surface area contributed by atoms with E-state index in [0.29, 0.717) is 24.7 Å². The van der Waals surface area contributed by atoms with E-state index >= 15 is 0 Å². The van der Waals surface area contributed by atoms with E-state index in [2.05, 4.69) is 15.4 Å². The van der Waals surface area contributed by atoms with Gasteiger partial charge in [0.15, 0.2) is 11.5 Å². The molecule has 8 nitrogen and oxygen atoms in total. The number of rotatable bonds is 6. The van der Waals surface area contributed by atoms with Crippen LogP contribution in [-0.2, 0) is 11.0 Å². The summed E-state index contributed by atoms with van der Waals surface area (Å²) in [7, 11) is 1.72. The van der Waals surface area contributed by atoms with Crippen LogP contribution in [0, 0.1) is 0 Å². The maximum atomic E-state index is 13.2. The van der Waals surface area contributed by atoms with Crippen LogP contribution >= 0.6 is 0 Å². The van der Waals surface area contributed by atoms with Crippen molar-refractivity contribution in [2.75, 3.05) is 32.1 Å². The van der Waals surface area contributed by atoms with Gasteiger partial charge in [-0.15, -0.1) is 0 Å². The van der Waals surface area contributed by atoms with E-state index in [1.807, 2.05) is 18.2 Å². The molecule has 2 aromatic carbocycles. The first-order valence-corrected chi connectivity index (χ1v) is 9.73. The van der Waals surface area contributed by atoms with Crippen molar-refractivity contribution in [3.05, 3.63) is 60.7 Å². The number of fused-ring (bicyclic) bond motifs is 1. The number of carbonyl (C=O) groups excluding carboxylic acids is 1. The molecule has 1 aromatic heterocycles. The van der Waals surface area contributed by atoms with Crippen LogP contribution in [0.3, 0.4) is 0 Å². The number of para-hydroxylation sites is 2. The number of nitrogens with zero attached hydrogens (tertiary/aromatic N) is 4. The van der Waals surface area contributed by atoms with Gasteiger partial charge >= 0.3 is 6.18 Å². The fraction of sp³-hybridized carbons (Fsp3) is 0.286. The van der Waals surface area contributed by atoms with Crippen molar-refractivity contribution in [3.63, 3.8) is 0 Å². The molecule has 32 heavy (non-hydrogen) atoms. The van der Waals surface area contributed by atoms with Crippen molar-refractivity contribution in [2.24, 2.45) is 0 Å². The molecule has 2 heterocycles. The van der Waals surface area contributed by atoms with Crippen molar-refractivity contribution in [1.82, 2.24) is 19.7 Å². The Kier molecular flexibility index (Phi) is 5.99. The van der Waals surface area contributed by atoms with Crippen molar-refractivity contribution in [3.8, 4) is 17.2 Å². The van der Waals surface area contributed by atoms with Crippen LogP contribution in [0.5, 0.6) is 11.5 Å². The van der Waals surface area contributed by atoms with Gasteiger partial charge in [-0.3, -0.25) is 9.69 Å². The van der Waals surface area contributed by atoms with Crippen LogP contribution in [0.25, 0.3) is 5.69 Å². The SMILES string of the molecule is CN(CC(=O)Nc1cc(C(F)(F)F)ccc1-n1cncn1)C[C@@H]1COc2ccccc2O1. The molecule has 3 aromatic rings. The molecule has 1 atom stereocenters. The minimum Gasteiger partial charge on any atom is -0.486 e. The molecule has 1 aliphatic heterocycles. The molecule has 0 saturated carbocycles. The number of benzene rings is 2. The van der Waals surface area contributed by atoms with E-state index < -0.39 is 17.6 Å². The lowest BCUT2D eigenvalue weighted by atomic mass is 10.1. The van der Waals surface area contributed by atoms with Crippen LogP contribution in [0.4, 0.5) is 18.9 Å². The van der Waals surface area contributed by atoms with E-state index in [1.165, 1.54) is 23.4 Å². The quantitative estimate of drug-likeness (QED) is 0.626. The summed E-state index contributed by atoms with van der Waals surface area (Å²) < 4.78 is 52.4. The third-order valence-electron chi connectivity index (χ3n) is 4.76. The van der Waals surface area contributed by atoms with E-state index in [-0.39, 0.29) is 24.0 Å². The van der Waals surface area contributed by atoms with E-state index in [9.17, 15) is 18.0 Å². The molecule has 0 unspecified atom stereocenters. The van der Waals surface area contributed by atoms with Crippen molar-refractivity contribution in [1.29, 1.82) is 0 Å². The van der Waals surface area contributed by atoms with Crippen molar-refractivity contribution < 1.29 is 27.4 Å². The summed E-state index contributed by atoms with van der Waals surface area (Å²) in [5.74, 6) is 0.808. The number of hydrogen-bond donors (Lipinski definition) is 1. The zero-order valence-corrected chi connectivity index (χ0v) is 17.0. The molecule has 0 fully saturated rings. The van der Waals surface area contributed by atoms with Gasteiger partial charge in [-0.25, -0.2) is 9.67 Å². The predicted octanol–water partition coefficient (Wildman–Crippen LogP) is 3.00. The predicted molar refractivity (Wildman–Crippen MR) is 109 cm³/mol. The minimum atomic E-state index is -4.55. The highest BCUT2D eigenvalue weighted by atomic mass is 19.4. The molecule has 1 aliphatic rings. The Balaban J connectivity index is 1.42. The molecule has 1 amide bonds. The zero-order chi connectivity index (χ0) is 22.7. The van der Waals surface area contributed by atoms with Gasteiger partial charge < -0.3 is 14.8 Å². The second kappa shape index (κ2) is 8.87.